The molecule has 19 heteroatoms. The highest BCUT2D eigenvalue weighted by Gasteiger charge is 2.45. The van der Waals surface area contributed by atoms with E-state index in [9.17, 15) is 44.7 Å². The molecule has 0 saturated heterocycles. The quantitative estimate of drug-likeness (QED) is 0.296. The predicted octanol–water partition coefficient (Wildman–Crippen LogP) is 4.11. The molecule has 0 aliphatic heterocycles. The number of hydrogen-bond donors (Lipinski definition) is 1. The van der Waals surface area contributed by atoms with Gasteiger partial charge in [0.2, 0.25) is 0 Å². The van der Waals surface area contributed by atoms with Crippen LogP contribution < -0.4 is 11.0 Å². The highest BCUT2D eigenvalue weighted by atomic mass is 35.5. The Labute approximate surface area is 234 Å². The molecular formula is C23H17ClF8N8O2. The molecule has 1 unspecified atom stereocenters. The van der Waals surface area contributed by atoms with E-state index in [-0.39, 0.29) is 29.2 Å². The Morgan fingerprint density at radius 2 is 1.67 bits per heavy atom. The van der Waals surface area contributed by atoms with Gasteiger partial charge in [-0.2, -0.15) is 35.1 Å². The average molecular weight is 625 g/mol. The van der Waals surface area contributed by atoms with Crippen molar-refractivity contribution in [2.75, 3.05) is 0 Å². The summed E-state index contributed by atoms with van der Waals surface area (Å²) in [5, 5.41) is 9.33. The van der Waals surface area contributed by atoms with Crippen LogP contribution in [0.25, 0.3) is 17.2 Å². The lowest BCUT2D eigenvalue weighted by atomic mass is 10.2. The van der Waals surface area contributed by atoms with E-state index in [1.54, 1.807) is 0 Å². The van der Waals surface area contributed by atoms with E-state index in [1.165, 1.54) is 29.6 Å². The van der Waals surface area contributed by atoms with Gasteiger partial charge in [0.05, 0.1) is 6.54 Å². The second kappa shape index (κ2) is 11.1. The van der Waals surface area contributed by atoms with Gasteiger partial charge < -0.3 is 5.32 Å². The molecule has 0 fully saturated rings. The molecule has 42 heavy (non-hydrogen) atoms. The van der Waals surface area contributed by atoms with Gasteiger partial charge in [-0.15, -0.1) is 10.2 Å². The van der Waals surface area contributed by atoms with Crippen LogP contribution in [0.1, 0.15) is 18.3 Å². The summed E-state index contributed by atoms with van der Waals surface area (Å²) >= 11 is 5.86. The zero-order valence-electron chi connectivity index (χ0n) is 21.0. The van der Waals surface area contributed by atoms with Crippen molar-refractivity contribution in [3.05, 3.63) is 75.8 Å². The first-order valence-corrected chi connectivity index (χ1v) is 11.9. The summed E-state index contributed by atoms with van der Waals surface area (Å²) in [7, 11) is 0. The van der Waals surface area contributed by atoms with Crippen molar-refractivity contribution in [1.29, 1.82) is 0 Å². The Morgan fingerprint density at radius 3 is 2.26 bits per heavy atom. The fourth-order valence-corrected chi connectivity index (χ4v) is 3.75. The first-order valence-electron chi connectivity index (χ1n) is 11.6. The van der Waals surface area contributed by atoms with Crippen LogP contribution in [0.2, 0.25) is 5.02 Å². The fourth-order valence-electron chi connectivity index (χ4n) is 3.63. The SMILES string of the molecule is CC(F)(F)C(=O)NC(Cn1c(-c2ccc(Cl)cc2)nn(Cc2ncn(-c3ncccc3C(F)(F)F)n2)c1=O)C(F)(F)F. The van der Waals surface area contributed by atoms with Crippen molar-refractivity contribution in [2.24, 2.45) is 0 Å². The molecule has 0 radical (unpaired) electrons. The Bertz CT molecular complexity index is 1640. The standard InChI is InChI=1S/C23H17ClF8N8O2/c1-21(25,26)19(41)35-15(23(30,31)32)9-38-17(12-4-6-13(24)7-5-12)37-39(20(38)42)10-16-34-11-40(36-16)18-14(22(27,28)29)3-2-8-33-18/h2-8,11,15H,9-10H2,1H3,(H,35,41). The predicted molar refractivity (Wildman–Crippen MR) is 129 cm³/mol. The van der Waals surface area contributed by atoms with Crippen LogP contribution >= 0.6 is 11.6 Å². The molecule has 0 aliphatic rings. The number of nitrogens with zero attached hydrogens (tertiary/aromatic N) is 7. The molecule has 1 N–H and O–H groups in total. The van der Waals surface area contributed by atoms with E-state index in [2.05, 4.69) is 20.2 Å². The van der Waals surface area contributed by atoms with E-state index in [4.69, 9.17) is 11.6 Å². The maximum absolute atomic E-state index is 13.8. The molecule has 0 bridgehead atoms. The number of benzene rings is 1. The molecule has 3 aromatic heterocycles. The number of aromatic nitrogens is 7. The molecule has 0 spiro atoms. The van der Waals surface area contributed by atoms with Crippen molar-refractivity contribution >= 4 is 17.5 Å². The summed E-state index contributed by atoms with van der Waals surface area (Å²) in [6.45, 7) is -1.87. The van der Waals surface area contributed by atoms with Gasteiger partial charge in [0.25, 0.3) is 5.91 Å². The number of rotatable bonds is 8. The maximum atomic E-state index is 13.8. The first kappa shape index (κ1) is 30.6. The van der Waals surface area contributed by atoms with Gasteiger partial charge in [0.15, 0.2) is 17.5 Å². The second-order valence-electron chi connectivity index (χ2n) is 8.82. The molecule has 1 amide bonds. The minimum absolute atomic E-state index is 0.0881. The number of hydrogen-bond acceptors (Lipinski definition) is 6. The Hall–Kier alpha value is -4.35. The van der Waals surface area contributed by atoms with E-state index in [0.29, 0.717) is 13.9 Å². The monoisotopic (exact) mass is 624 g/mol. The number of carbonyl (C=O) groups is 1. The maximum Gasteiger partial charge on any atom is 0.420 e. The molecule has 224 valence electrons. The van der Waals surface area contributed by atoms with Crippen LogP contribution in [0.3, 0.4) is 0 Å². The van der Waals surface area contributed by atoms with Gasteiger partial charge >= 0.3 is 24.0 Å². The lowest BCUT2D eigenvalue weighted by molar-refractivity contribution is -0.171. The zero-order valence-corrected chi connectivity index (χ0v) is 21.7. The second-order valence-corrected chi connectivity index (χ2v) is 9.25. The van der Waals surface area contributed by atoms with Crippen LogP contribution in [-0.2, 0) is 24.1 Å². The van der Waals surface area contributed by atoms with Gasteiger partial charge in [-0.1, -0.05) is 11.6 Å². The smallest absolute Gasteiger partial charge is 0.338 e. The number of pyridine rings is 1. The van der Waals surface area contributed by atoms with Gasteiger partial charge in [-0.25, -0.2) is 24.1 Å². The third-order valence-electron chi connectivity index (χ3n) is 5.63. The van der Waals surface area contributed by atoms with Crippen molar-refractivity contribution in [3.63, 3.8) is 0 Å². The van der Waals surface area contributed by atoms with E-state index >= 15 is 0 Å². The fraction of sp³-hybridized carbons (Fsp3) is 0.304. The number of alkyl halides is 8. The van der Waals surface area contributed by atoms with Gasteiger partial charge in [-0.05, 0) is 36.4 Å². The van der Waals surface area contributed by atoms with Gasteiger partial charge in [0.1, 0.15) is 24.5 Å². The van der Waals surface area contributed by atoms with Crippen molar-refractivity contribution < 1.29 is 39.9 Å². The summed E-state index contributed by atoms with van der Waals surface area (Å²) in [6, 6.07) is 4.22. The van der Waals surface area contributed by atoms with Crippen LogP contribution in [0.4, 0.5) is 35.1 Å². The lowest BCUT2D eigenvalue weighted by Gasteiger charge is -2.23. The Morgan fingerprint density at radius 1 is 1.00 bits per heavy atom. The van der Waals surface area contributed by atoms with Gasteiger partial charge in [0, 0.05) is 23.7 Å². The molecule has 0 aliphatic carbocycles. The summed E-state index contributed by atoms with van der Waals surface area (Å²) in [5.74, 6) is -7.64. The third-order valence-corrected chi connectivity index (χ3v) is 5.88. The topological polar surface area (TPSA) is 113 Å². The first-order chi connectivity index (χ1) is 19.4. The van der Waals surface area contributed by atoms with Crippen LogP contribution in [0, 0.1) is 0 Å². The van der Waals surface area contributed by atoms with Gasteiger partial charge in [-0.3, -0.25) is 9.36 Å². The Kier molecular flexibility index (Phi) is 8.12. The Balaban J connectivity index is 1.74. The van der Waals surface area contributed by atoms with E-state index in [1.807, 2.05) is 0 Å². The highest BCUT2D eigenvalue weighted by molar-refractivity contribution is 6.30. The normalized spacial score (nSPS) is 13.3. The molecule has 10 nitrogen and oxygen atoms in total. The molecule has 4 aromatic rings. The molecule has 1 aromatic carbocycles. The summed E-state index contributed by atoms with van der Waals surface area (Å²) < 4.78 is 110. The van der Waals surface area contributed by atoms with Crippen LogP contribution in [0.15, 0.2) is 53.7 Å². The van der Waals surface area contributed by atoms with Crippen LogP contribution in [0.5, 0.6) is 0 Å². The summed E-state index contributed by atoms with van der Waals surface area (Å²) in [6.07, 6.45) is -8.08. The molecule has 1 atom stereocenters. The number of nitrogens with one attached hydrogen (secondary N) is 1. The number of amides is 1. The highest BCUT2D eigenvalue weighted by Crippen LogP contribution is 2.32. The average Bonchev–Trinajstić information content (AvgIpc) is 3.47. The van der Waals surface area contributed by atoms with Crippen molar-refractivity contribution in [3.8, 4) is 17.2 Å². The summed E-state index contributed by atoms with van der Waals surface area (Å²) in [5.41, 5.74) is -2.24. The minimum Gasteiger partial charge on any atom is -0.338 e. The van der Waals surface area contributed by atoms with E-state index < -0.39 is 60.4 Å². The zero-order chi connectivity index (χ0) is 31.0. The number of halogens is 9. The lowest BCUT2D eigenvalue weighted by Crippen LogP contribution is -2.53. The van der Waals surface area contributed by atoms with Crippen LogP contribution in [-0.4, -0.2) is 58.1 Å². The molecule has 4 rings (SSSR count). The summed E-state index contributed by atoms with van der Waals surface area (Å²) in [4.78, 5) is 32.4. The molecule has 0 saturated carbocycles. The van der Waals surface area contributed by atoms with Crippen molar-refractivity contribution in [1.82, 2.24) is 39.4 Å². The van der Waals surface area contributed by atoms with E-state index in [0.717, 1.165) is 24.7 Å². The van der Waals surface area contributed by atoms with Crippen molar-refractivity contribution in [2.45, 2.75) is 44.3 Å². The minimum atomic E-state index is -5.26. The number of carbonyl (C=O) groups excluding carboxylic acids is 1. The molecular weight excluding hydrogens is 608 g/mol. The molecule has 3 heterocycles. The third kappa shape index (κ3) is 6.75. The largest absolute Gasteiger partial charge is 0.420 e.